The summed E-state index contributed by atoms with van der Waals surface area (Å²) in [7, 11) is 0. The number of ketones is 2. The molecule has 180 valence electrons. The Hall–Kier alpha value is -1.84. The van der Waals surface area contributed by atoms with Crippen LogP contribution in [0.4, 0.5) is 0 Å². The molecule has 0 bridgehead atoms. The lowest BCUT2D eigenvalue weighted by Gasteiger charge is -2.64. The smallest absolute Gasteiger partial charge is 0.303 e. The largest absolute Gasteiger partial charge is 0.463 e. The molecule has 3 unspecified atom stereocenters. The van der Waals surface area contributed by atoms with Crippen molar-refractivity contribution in [3.8, 4) is 0 Å². The number of hydrogen-bond acceptors (Lipinski definition) is 8. The molecule has 4 aliphatic rings. The number of alkyl halides is 1. The second-order valence-corrected chi connectivity index (χ2v) is 11.5. The first-order valence-electron chi connectivity index (χ1n) is 11.2. The molecular weight excluding hydrogens is 496 g/mol. The van der Waals surface area contributed by atoms with Crippen molar-refractivity contribution in [2.45, 2.75) is 68.6 Å². The van der Waals surface area contributed by atoms with Gasteiger partial charge in [-0.1, -0.05) is 41.4 Å². The molecule has 33 heavy (non-hydrogen) atoms. The van der Waals surface area contributed by atoms with Crippen LogP contribution in [0, 0.1) is 22.7 Å². The number of Topliss-reactive ketones (excluding diaryl/α,β-unsaturated/α-hetero) is 1. The molecule has 2 N–H and O–H groups in total. The third-order valence-electron chi connectivity index (χ3n) is 8.89. The van der Waals surface area contributed by atoms with Crippen LogP contribution in [0.25, 0.3) is 0 Å². The number of allylic oxidation sites excluding steroid dienone is 4. The number of rotatable bonds is 5. The highest BCUT2D eigenvalue weighted by atomic mass is 79.9. The van der Waals surface area contributed by atoms with Gasteiger partial charge in [0, 0.05) is 17.8 Å². The van der Waals surface area contributed by atoms with E-state index in [1.807, 2.05) is 13.0 Å². The number of carbonyl (C=O) groups excluding carboxylic acids is 4. The van der Waals surface area contributed by atoms with Crippen molar-refractivity contribution in [3.63, 3.8) is 0 Å². The van der Waals surface area contributed by atoms with Gasteiger partial charge in [0.2, 0.25) is 5.78 Å². The van der Waals surface area contributed by atoms with Crippen molar-refractivity contribution in [2.24, 2.45) is 22.7 Å². The van der Waals surface area contributed by atoms with Crippen LogP contribution in [-0.4, -0.2) is 63.0 Å². The standard InChI is InChI=1S/C24H29BrO8/c1-13(27)32-11-19(30)24(31)18(29)9-17-16-5-4-14-8-15(28)6-7-21(14,2)23(16,25)20(33-12-26)10-22(17,24)3/h6-8,12,16-18,20,29,31H,4-5,9-11H2,1-3H3/t16-,17-,18?,20?,21-,22-,23?,24-/m0/s1. The molecule has 0 aromatic rings. The second-order valence-electron chi connectivity index (χ2n) is 10.2. The fraction of sp³-hybridized carbons (Fsp3) is 0.667. The summed E-state index contributed by atoms with van der Waals surface area (Å²) in [6.07, 6.45) is 4.39. The lowest BCUT2D eigenvalue weighted by molar-refractivity contribution is -0.191. The van der Waals surface area contributed by atoms with E-state index < -0.39 is 51.3 Å². The number of esters is 1. The van der Waals surface area contributed by atoms with Gasteiger partial charge in [-0.05, 0) is 49.7 Å². The molecule has 0 saturated heterocycles. The SMILES string of the molecule is CC(=O)OCC(=O)[C@@]1(O)C(O)C[C@H]2[C@@H]3CCC4=CC(=O)C=C[C@]4(C)C3(Br)C(OC=O)C[C@@]21C. The summed E-state index contributed by atoms with van der Waals surface area (Å²) in [5.41, 5.74) is -3.01. The van der Waals surface area contributed by atoms with Crippen LogP contribution < -0.4 is 0 Å². The van der Waals surface area contributed by atoms with Gasteiger partial charge >= 0.3 is 5.97 Å². The minimum atomic E-state index is -2.17. The lowest BCUT2D eigenvalue weighted by Crippen LogP contribution is -2.69. The zero-order valence-electron chi connectivity index (χ0n) is 18.9. The van der Waals surface area contributed by atoms with Crippen molar-refractivity contribution >= 4 is 39.9 Å². The summed E-state index contributed by atoms with van der Waals surface area (Å²) in [5, 5.41) is 22.7. The van der Waals surface area contributed by atoms with Crippen LogP contribution in [0.3, 0.4) is 0 Å². The van der Waals surface area contributed by atoms with Crippen molar-refractivity contribution in [1.29, 1.82) is 0 Å². The lowest BCUT2D eigenvalue weighted by atomic mass is 9.46. The molecule has 9 heteroatoms. The van der Waals surface area contributed by atoms with Crippen molar-refractivity contribution in [1.82, 2.24) is 0 Å². The summed E-state index contributed by atoms with van der Waals surface area (Å²) in [6, 6.07) is 0. The third-order valence-corrected chi connectivity index (χ3v) is 10.8. The van der Waals surface area contributed by atoms with Crippen molar-refractivity contribution in [3.05, 3.63) is 23.8 Å². The first-order chi connectivity index (χ1) is 15.4. The molecule has 0 radical (unpaired) electrons. The van der Waals surface area contributed by atoms with E-state index in [0.717, 1.165) is 12.5 Å². The Balaban J connectivity index is 1.81. The number of aliphatic hydroxyl groups excluding tert-OH is 1. The molecule has 0 amide bonds. The predicted molar refractivity (Wildman–Crippen MR) is 119 cm³/mol. The first-order valence-corrected chi connectivity index (χ1v) is 11.9. The summed E-state index contributed by atoms with van der Waals surface area (Å²) >= 11 is 3.96. The molecule has 0 aromatic carbocycles. The van der Waals surface area contributed by atoms with Gasteiger partial charge in [0.1, 0.15) is 6.10 Å². The molecule has 4 rings (SSSR count). The van der Waals surface area contributed by atoms with E-state index in [0.29, 0.717) is 19.3 Å². The van der Waals surface area contributed by atoms with Gasteiger partial charge in [-0.3, -0.25) is 19.2 Å². The van der Waals surface area contributed by atoms with Gasteiger partial charge in [0.05, 0.1) is 10.4 Å². The number of ether oxygens (including phenoxy) is 2. The van der Waals surface area contributed by atoms with Crippen molar-refractivity contribution in [2.75, 3.05) is 6.61 Å². The normalized spacial score (nSPS) is 45.9. The minimum Gasteiger partial charge on any atom is -0.463 e. The van der Waals surface area contributed by atoms with E-state index in [2.05, 4.69) is 15.9 Å². The molecule has 8 atom stereocenters. The fourth-order valence-electron chi connectivity index (χ4n) is 7.18. The zero-order valence-corrected chi connectivity index (χ0v) is 20.5. The molecule has 0 heterocycles. The van der Waals surface area contributed by atoms with Gasteiger partial charge in [-0.25, -0.2) is 0 Å². The average molecular weight is 525 g/mol. The maximum Gasteiger partial charge on any atom is 0.303 e. The van der Waals surface area contributed by atoms with Crippen LogP contribution in [0.15, 0.2) is 23.8 Å². The summed E-state index contributed by atoms with van der Waals surface area (Å²) in [4.78, 5) is 48.0. The molecule has 0 aromatic heterocycles. The van der Waals surface area contributed by atoms with Gasteiger partial charge in [0.15, 0.2) is 18.0 Å². The topological polar surface area (TPSA) is 127 Å². The van der Waals surface area contributed by atoms with E-state index in [-0.39, 0.29) is 30.5 Å². The highest BCUT2D eigenvalue weighted by Crippen LogP contribution is 2.71. The third kappa shape index (κ3) is 3.08. The summed E-state index contributed by atoms with van der Waals surface area (Å²) < 4.78 is 9.65. The molecule has 4 aliphatic carbocycles. The Bertz CT molecular complexity index is 974. The Morgan fingerprint density at radius 1 is 1.30 bits per heavy atom. The zero-order chi connectivity index (χ0) is 24.4. The number of carbonyl (C=O) groups is 4. The number of fused-ring (bicyclic) bond motifs is 5. The van der Waals surface area contributed by atoms with Crippen LogP contribution in [0.2, 0.25) is 0 Å². The van der Waals surface area contributed by atoms with E-state index in [4.69, 9.17) is 9.47 Å². The fourth-order valence-corrected chi connectivity index (χ4v) is 8.39. The van der Waals surface area contributed by atoms with Gasteiger partial charge in [-0.15, -0.1) is 0 Å². The molecule has 8 nitrogen and oxygen atoms in total. The first kappa shape index (κ1) is 24.3. The Morgan fingerprint density at radius 3 is 2.64 bits per heavy atom. The predicted octanol–water partition coefficient (Wildman–Crippen LogP) is 1.80. The maximum atomic E-state index is 13.1. The van der Waals surface area contributed by atoms with Gasteiger partial charge < -0.3 is 19.7 Å². The highest BCUT2D eigenvalue weighted by molar-refractivity contribution is 9.10. The van der Waals surface area contributed by atoms with Crippen LogP contribution in [0.1, 0.15) is 46.5 Å². The number of hydrogen-bond donors (Lipinski definition) is 2. The Labute approximate surface area is 200 Å². The average Bonchev–Trinajstić information content (AvgIpc) is 2.95. The van der Waals surface area contributed by atoms with E-state index in [1.165, 1.54) is 6.08 Å². The monoisotopic (exact) mass is 524 g/mol. The maximum absolute atomic E-state index is 13.1. The molecule has 3 fully saturated rings. The van der Waals surface area contributed by atoms with Gasteiger partial charge in [0.25, 0.3) is 6.47 Å². The van der Waals surface area contributed by atoms with E-state index in [1.54, 1.807) is 13.0 Å². The van der Waals surface area contributed by atoms with E-state index in [9.17, 15) is 29.4 Å². The van der Waals surface area contributed by atoms with Crippen LogP contribution >= 0.6 is 15.9 Å². The quantitative estimate of drug-likeness (QED) is 0.316. The summed E-state index contributed by atoms with van der Waals surface area (Å²) in [5.74, 6) is -2.01. The number of halogens is 1. The molecule has 0 spiro atoms. The molecular formula is C24H29BrO8. The Morgan fingerprint density at radius 2 is 2.00 bits per heavy atom. The second kappa shape index (κ2) is 7.85. The van der Waals surface area contributed by atoms with Crippen LogP contribution in [-0.2, 0) is 28.7 Å². The van der Waals surface area contributed by atoms with Crippen LogP contribution in [0.5, 0.6) is 0 Å². The molecule has 0 aliphatic heterocycles. The van der Waals surface area contributed by atoms with Gasteiger partial charge in [-0.2, -0.15) is 0 Å². The van der Waals surface area contributed by atoms with E-state index >= 15 is 0 Å². The minimum absolute atomic E-state index is 0.0905. The molecule has 3 saturated carbocycles. The van der Waals surface area contributed by atoms with Crippen molar-refractivity contribution < 1.29 is 38.9 Å². The summed E-state index contributed by atoms with van der Waals surface area (Å²) in [6.45, 7) is 4.61. The highest BCUT2D eigenvalue weighted by Gasteiger charge is 2.75. The Kier molecular flexibility index (Phi) is 5.78. The number of aliphatic hydroxyl groups is 2.